The van der Waals surface area contributed by atoms with E-state index in [-0.39, 0.29) is 5.88 Å². The maximum Gasteiger partial charge on any atom is 0.278 e. The van der Waals surface area contributed by atoms with E-state index >= 15 is 0 Å². The summed E-state index contributed by atoms with van der Waals surface area (Å²) in [5.41, 5.74) is 2.02. The molecule has 0 amide bonds. The highest BCUT2D eigenvalue weighted by molar-refractivity contribution is 9.52. The molecule has 134 valence electrons. The first-order valence-corrected chi connectivity index (χ1v) is 11.0. The van der Waals surface area contributed by atoms with Crippen LogP contribution in [0, 0.1) is 0 Å². The van der Waals surface area contributed by atoms with Gasteiger partial charge in [0.25, 0.3) is 11.8 Å². The van der Waals surface area contributed by atoms with E-state index < -0.39 is 0 Å². The Morgan fingerprint density at radius 1 is 1.04 bits per heavy atom. The number of fused-ring (bicyclic) bond motifs is 1. The van der Waals surface area contributed by atoms with Gasteiger partial charge in [0.1, 0.15) is 0 Å². The maximum atomic E-state index is 6.23. The first kappa shape index (κ1) is 23.2. The Labute approximate surface area is 192 Å². The van der Waals surface area contributed by atoms with Crippen LogP contribution in [-0.2, 0) is 0 Å². The number of hydrogen-bond donors (Lipinski definition) is 0. The summed E-state index contributed by atoms with van der Waals surface area (Å²) in [4.78, 5) is 8.72. The summed E-state index contributed by atoms with van der Waals surface area (Å²) >= 11 is 28.3. The van der Waals surface area contributed by atoms with E-state index in [9.17, 15) is 0 Å². The Morgan fingerprint density at radius 3 is 1.92 bits per heavy atom. The molecule has 0 aliphatic carbocycles. The lowest BCUT2D eigenvalue weighted by Gasteiger charge is -2.13. The van der Waals surface area contributed by atoms with Crippen LogP contribution in [0.5, 0.6) is 11.8 Å². The van der Waals surface area contributed by atoms with Crippen molar-refractivity contribution in [3.8, 4) is 11.8 Å². The standard InChI is InChI=1S/C12H11BrCl2N2O2.CBr4/c1-5(13)8-9(15)6(14)4-7-10(8)17-12(19-3)11(16-7)18-2;2-1(3,4)5/h4-5H,1-3H3;. The van der Waals surface area contributed by atoms with Gasteiger partial charge in [0.05, 0.1) is 35.3 Å². The van der Waals surface area contributed by atoms with E-state index in [2.05, 4.69) is 89.6 Å². The van der Waals surface area contributed by atoms with Gasteiger partial charge in [-0.25, -0.2) is 9.97 Å². The summed E-state index contributed by atoms with van der Waals surface area (Å²) in [5, 5.41) is 0.886. The minimum absolute atomic E-state index is 0.0198. The summed E-state index contributed by atoms with van der Waals surface area (Å²) in [6.07, 6.45) is 0. The number of rotatable bonds is 3. The van der Waals surface area contributed by atoms with Crippen LogP contribution in [0.15, 0.2) is 6.07 Å². The summed E-state index contributed by atoms with van der Waals surface area (Å²) in [6.45, 7) is 1.94. The van der Waals surface area contributed by atoms with Crippen LogP contribution >= 0.6 is 103 Å². The molecule has 4 nitrogen and oxygen atoms in total. The third-order valence-electron chi connectivity index (χ3n) is 2.61. The van der Waals surface area contributed by atoms with Gasteiger partial charge in [-0.05, 0) is 76.7 Å². The van der Waals surface area contributed by atoms with Crippen LogP contribution in [0.1, 0.15) is 17.3 Å². The van der Waals surface area contributed by atoms with Gasteiger partial charge >= 0.3 is 0 Å². The number of benzene rings is 1. The molecule has 24 heavy (non-hydrogen) atoms. The van der Waals surface area contributed by atoms with Crippen LogP contribution in [0.3, 0.4) is 0 Å². The molecule has 0 bridgehead atoms. The number of alkyl halides is 5. The van der Waals surface area contributed by atoms with Crippen molar-refractivity contribution < 1.29 is 9.47 Å². The molecule has 0 aliphatic rings. The fourth-order valence-electron chi connectivity index (χ4n) is 1.76. The summed E-state index contributed by atoms with van der Waals surface area (Å²) in [5.74, 6) is 0.615. The molecule has 2 aromatic rings. The highest BCUT2D eigenvalue weighted by Crippen LogP contribution is 2.40. The SMILES string of the molecule is BrC(Br)(Br)Br.COc1nc2cc(Cl)c(Cl)c(C(C)Br)c2nc1OC. The summed E-state index contributed by atoms with van der Waals surface area (Å²) < 4.78 is 10.0. The lowest BCUT2D eigenvalue weighted by atomic mass is 10.1. The van der Waals surface area contributed by atoms with Crippen molar-refractivity contribution in [1.82, 2.24) is 9.97 Å². The lowest BCUT2D eigenvalue weighted by molar-refractivity contribution is 0.334. The molecule has 0 aliphatic heterocycles. The predicted octanol–water partition coefficient (Wildman–Crippen LogP) is 7.59. The minimum atomic E-state index is -0.250. The molecule has 2 rings (SSSR count). The Hall–Kier alpha value is 1.14. The molecule has 1 aromatic heterocycles. The molecular weight excluding hydrogens is 687 g/mol. The Balaban J connectivity index is 0.000000505. The minimum Gasteiger partial charge on any atom is -0.477 e. The third kappa shape index (κ3) is 6.70. The second-order valence-electron chi connectivity index (χ2n) is 4.24. The zero-order chi connectivity index (χ0) is 18.7. The normalized spacial score (nSPS) is 12.4. The number of methoxy groups -OCH3 is 2. The number of ether oxygens (including phenoxy) is 2. The molecule has 1 heterocycles. The number of halogens is 7. The summed E-state index contributed by atoms with van der Waals surface area (Å²) in [6, 6.07) is 1.66. The Morgan fingerprint density at radius 2 is 1.50 bits per heavy atom. The van der Waals surface area contributed by atoms with Crippen LogP contribution in [0.2, 0.25) is 10.0 Å². The fourth-order valence-corrected chi connectivity index (χ4v) is 2.85. The fraction of sp³-hybridized carbons (Fsp3) is 0.385. The maximum absolute atomic E-state index is 6.23. The Bertz CT molecular complexity index is 720. The summed E-state index contributed by atoms with van der Waals surface area (Å²) in [7, 11) is 3.01. The zero-order valence-corrected chi connectivity index (χ0v) is 22.0. The van der Waals surface area contributed by atoms with Crippen molar-refractivity contribution in [3.63, 3.8) is 0 Å². The van der Waals surface area contributed by atoms with E-state index in [1.807, 2.05) is 6.92 Å². The van der Waals surface area contributed by atoms with Crippen molar-refractivity contribution in [1.29, 1.82) is 0 Å². The van der Waals surface area contributed by atoms with E-state index in [1.54, 1.807) is 6.07 Å². The molecule has 1 unspecified atom stereocenters. The largest absolute Gasteiger partial charge is 0.477 e. The molecular formula is C13H11Br5Cl2N2O2. The average Bonchev–Trinajstić information content (AvgIpc) is 2.45. The number of aromatic nitrogens is 2. The van der Waals surface area contributed by atoms with Gasteiger partial charge < -0.3 is 9.47 Å². The van der Waals surface area contributed by atoms with Crippen LogP contribution < -0.4 is 9.47 Å². The number of nitrogens with zero attached hydrogens (tertiary/aromatic N) is 2. The van der Waals surface area contributed by atoms with Gasteiger partial charge in [-0.3, -0.25) is 0 Å². The zero-order valence-electron chi connectivity index (χ0n) is 12.5. The third-order valence-corrected chi connectivity index (χ3v) is 3.87. The van der Waals surface area contributed by atoms with Crippen molar-refractivity contribution in [3.05, 3.63) is 21.7 Å². The molecule has 0 saturated heterocycles. The lowest BCUT2D eigenvalue weighted by Crippen LogP contribution is -2.00. The first-order valence-electron chi connectivity index (χ1n) is 6.16. The van der Waals surface area contributed by atoms with Crippen LogP contribution in [-0.4, -0.2) is 25.2 Å². The van der Waals surface area contributed by atoms with E-state index in [0.29, 0.717) is 32.8 Å². The first-order chi connectivity index (χ1) is 11.0. The smallest absolute Gasteiger partial charge is 0.278 e. The molecule has 0 spiro atoms. The van der Waals surface area contributed by atoms with E-state index in [1.165, 1.54) is 14.2 Å². The highest BCUT2D eigenvalue weighted by atomic mass is 80.0. The molecule has 0 radical (unpaired) electrons. The van der Waals surface area contributed by atoms with Gasteiger partial charge in [-0.15, -0.1) is 0 Å². The van der Waals surface area contributed by atoms with Crippen molar-refractivity contribution >= 4 is 114 Å². The van der Waals surface area contributed by atoms with Crippen LogP contribution in [0.4, 0.5) is 0 Å². The molecule has 11 heteroatoms. The van der Waals surface area contributed by atoms with Crippen molar-refractivity contribution in [2.24, 2.45) is 0 Å². The number of hydrogen-bond acceptors (Lipinski definition) is 4. The second kappa shape index (κ2) is 9.90. The van der Waals surface area contributed by atoms with Crippen molar-refractivity contribution in [2.45, 2.75) is 12.8 Å². The van der Waals surface area contributed by atoms with E-state index in [0.717, 1.165) is 5.56 Å². The van der Waals surface area contributed by atoms with Crippen LogP contribution in [0.25, 0.3) is 11.0 Å². The second-order valence-corrected chi connectivity index (χ2v) is 17.5. The molecule has 1 atom stereocenters. The quantitative estimate of drug-likeness (QED) is 0.311. The van der Waals surface area contributed by atoms with Gasteiger partial charge in [-0.1, -0.05) is 39.1 Å². The van der Waals surface area contributed by atoms with Gasteiger partial charge in [0.2, 0.25) is 0 Å². The molecule has 0 saturated carbocycles. The van der Waals surface area contributed by atoms with Gasteiger partial charge in [0, 0.05) is 10.4 Å². The molecule has 0 N–H and O–H groups in total. The van der Waals surface area contributed by atoms with E-state index in [4.69, 9.17) is 32.7 Å². The molecule has 1 aromatic carbocycles. The van der Waals surface area contributed by atoms with Gasteiger partial charge in [0.15, 0.2) is 1.05 Å². The highest BCUT2D eigenvalue weighted by Gasteiger charge is 2.19. The topological polar surface area (TPSA) is 44.2 Å². The average molecular weight is 698 g/mol. The monoisotopic (exact) mass is 692 g/mol. The molecule has 0 fully saturated rings. The predicted molar refractivity (Wildman–Crippen MR) is 118 cm³/mol. The van der Waals surface area contributed by atoms with Crippen molar-refractivity contribution in [2.75, 3.05) is 14.2 Å². The van der Waals surface area contributed by atoms with Gasteiger partial charge in [-0.2, -0.15) is 0 Å². The Kier molecular flexibility index (Phi) is 9.56.